The van der Waals surface area contributed by atoms with E-state index >= 15 is 0 Å². The van der Waals surface area contributed by atoms with E-state index in [0.717, 1.165) is 16.9 Å². The van der Waals surface area contributed by atoms with Crippen LogP contribution in [0.1, 0.15) is 24.0 Å². The number of rotatable bonds is 4. The summed E-state index contributed by atoms with van der Waals surface area (Å²) in [7, 11) is 1.61. The zero-order chi connectivity index (χ0) is 16.1. The van der Waals surface area contributed by atoms with Crippen LogP contribution in [0, 0.1) is 12.8 Å². The first-order valence-electron chi connectivity index (χ1n) is 7.39. The molecule has 1 fully saturated rings. The van der Waals surface area contributed by atoms with E-state index in [9.17, 15) is 9.59 Å². The Hall–Kier alpha value is -2.24. The quantitative estimate of drug-likeness (QED) is 0.892. The molecule has 0 saturated carbocycles. The highest BCUT2D eigenvalue weighted by atomic mass is 16.5. The Morgan fingerprint density at radius 1 is 1.32 bits per heavy atom. The van der Waals surface area contributed by atoms with Gasteiger partial charge in [0.1, 0.15) is 5.75 Å². The number of hydrogen-bond donors (Lipinski definition) is 2. The first kappa shape index (κ1) is 16.1. The molecule has 1 aliphatic heterocycles. The van der Waals surface area contributed by atoms with Crippen LogP contribution in [0.4, 0.5) is 4.79 Å². The zero-order valence-corrected chi connectivity index (χ0v) is 13.0. The Morgan fingerprint density at radius 2 is 2.00 bits per heavy atom. The second kappa shape index (κ2) is 7.15. The average molecular weight is 306 g/mol. The number of carboxylic acids is 1. The second-order valence-corrected chi connectivity index (χ2v) is 5.62. The number of carbonyl (C=O) groups is 2. The summed E-state index contributed by atoms with van der Waals surface area (Å²) < 4.78 is 5.21. The monoisotopic (exact) mass is 306 g/mol. The third-order valence-electron chi connectivity index (χ3n) is 3.92. The van der Waals surface area contributed by atoms with Gasteiger partial charge >= 0.3 is 12.0 Å². The molecule has 0 spiro atoms. The third kappa shape index (κ3) is 4.13. The van der Waals surface area contributed by atoms with Gasteiger partial charge in [0.15, 0.2) is 0 Å². The minimum atomic E-state index is -0.771. The SMILES string of the molecule is COc1cc(C)cc(CNC(=O)N2CCC(C(=O)O)CC2)c1. The number of aliphatic carboxylic acids is 1. The molecular weight excluding hydrogens is 284 g/mol. The van der Waals surface area contributed by atoms with Crippen LogP contribution in [0.3, 0.4) is 0 Å². The highest BCUT2D eigenvalue weighted by molar-refractivity contribution is 5.75. The fourth-order valence-corrected chi connectivity index (χ4v) is 2.66. The predicted octanol–water partition coefficient (Wildman–Crippen LogP) is 2.01. The van der Waals surface area contributed by atoms with Gasteiger partial charge in [-0.05, 0) is 43.0 Å². The Labute approximate surface area is 130 Å². The number of ether oxygens (including phenoxy) is 1. The van der Waals surface area contributed by atoms with E-state index in [-0.39, 0.29) is 11.9 Å². The Morgan fingerprint density at radius 3 is 2.59 bits per heavy atom. The van der Waals surface area contributed by atoms with E-state index in [1.807, 2.05) is 25.1 Å². The van der Waals surface area contributed by atoms with Crippen molar-refractivity contribution in [2.75, 3.05) is 20.2 Å². The topological polar surface area (TPSA) is 78.9 Å². The molecule has 1 aliphatic rings. The molecular formula is C16H22N2O4. The summed E-state index contributed by atoms with van der Waals surface area (Å²) in [5, 5.41) is 11.8. The molecule has 1 aromatic carbocycles. The summed E-state index contributed by atoms with van der Waals surface area (Å²) in [6, 6.07) is 5.68. The number of benzene rings is 1. The van der Waals surface area contributed by atoms with Crippen LogP contribution in [0.15, 0.2) is 18.2 Å². The van der Waals surface area contributed by atoms with Gasteiger partial charge in [-0.15, -0.1) is 0 Å². The number of nitrogens with one attached hydrogen (secondary N) is 1. The molecule has 0 radical (unpaired) electrons. The highest BCUT2D eigenvalue weighted by Crippen LogP contribution is 2.18. The molecule has 2 N–H and O–H groups in total. The van der Waals surface area contributed by atoms with E-state index in [1.54, 1.807) is 12.0 Å². The first-order valence-corrected chi connectivity index (χ1v) is 7.39. The number of carbonyl (C=O) groups excluding carboxylic acids is 1. The maximum Gasteiger partial charge on any atom is 0.317 e. The molecule has 2 rings (SSSR count). The Balaban J connectivity index is 1.86. The normalized spacial score (nSPS) is 15.5. The maximum absolute atomic E-state index is 12.1. The largest absolute Gasteiger partial charge is 0.497 e. The molecule has 22 heavy (non-hydrogen) atoms. The van der Waals surface area contributed by atoms with E-state index in [1.165, 1.54) is 0 Å². The van der Waals surface area contributed by atoms with Gasteiger partial charge in [0, 0.05) is 19.6 Å². The van der Waals surface area contributed by atoms with E-state index in [4.69, 9.17) is 9.84 Å². The molecule has 1 saturated heterocycles. The summed E-state index contributed by atoms with van der Waals surface area (Å²) in [6.07, 6.45) is 1.03. The van der Waals surface area contributed by atoms with Gasteiger partial charge in [-0.3, -0.25) is 4.79 Å². The van der Waals surface area contributed by atoms with Crippen LogP contribution in [-0.4, -0.2) is 42.2 Å². The molecule has 1 aromatic rings. The molecule has 6 heteroatoms. The predicted molar refractivity (Wildman–Crippen MR) is 81.9 cm³/mol. The van der Waals surface area contributed by atoms with Crippen molar-refractivity contribution in [2.24, 2.45) is 5.92 Å². The number of amides is 2. The fraction of sp³-hybridized carbons (Fsp3) is 0.500. The summed E-state index contributed by atoms with van der Waals surface area (Å²) in [6.45, 7) is 3.38. The molecule has 0 unspecified atom stereocenters. The number of aryl methyl sites for hydroxylation is 1. The second-order valence-electron chi connectivity index (χ2n) is 5.62. The van der Waals surface area contributed by atoms with Crippen LogP contribution in [0.25, 0.3) is 0 Å². The lowest BCUT2D eigenvalue weighted by atomic mass is 9.97. The van der Waals surface area contributed by atoms with Crippen molar-refractivity contribution in [1.29, 1.82) is 0 Å². The minimum Gasteiger partial charge on any atom is -0.497 e. The molecule has 1 heterocycles. The Bertz CT molecular complexity index is 551. The molecule has 0 atom stereocenters. The van der Waals surface area contributed by atoms with Gasteiger partial charge in [-0.2, -0.15) is 0 Å². The lowest BCUT2D eigenvalue weighted by Crippen LogP contribution is -2.45. The van der Waals surface area contributed by atoms with Gasteiger partial charge in [-0.25, -0.2) is 4.79 Å². The van der Waals surface area contributed by atoms with Crippen LogP contribution < -0.4 is 10.1 Å². The summed E-state index contributed by atoms with van der Waals surface area (Å²) in [4.78, 5) is 24.7. The van der Waals surface area contributed by atoms with Crippen molar-refractivity contribution in [3.63, 3.8) is 0 Å². The van der Waals surface area contributed by atoms with Crippen molar-refractivity contribution in [3.8, 4) is 5.75 Å². The highest BCUT2D eigenvalue weighted by Gasteiger charge is 2.26. The standard InChI is InChI=1S/C16H22N2O4/c1-11-7-12(9-14(8-11)22-2)10-17-16(21)18-5-3-13(4-6-18)15(19)20/h7-9,13H,3-6,10H2,1-2H3,(H,17,21)(H,19,20). The number of piperidine rings is 1. The summed E-state index contributed by atoms with van der Waals surface area (Å²) in [5.41, 5.74) is 2.05. The van der Waals surface area contributed by atoms with Crippen LogP contribution in [-0.2, 0) is 11.3 Å². The van der Waals surface area contributed by atoms with Crippen LogP contribution in [0.5, 0.6) is 5.75 Å². The molecule has 0 aromatic heterocycles. The summed E-state index contributed by atoms with van der Waals surface area (Å²) >= 11 is 0. The van der Waals surface area contributed by atoms with E-state index in [2.05, 4.69) is 5.32 Å². The number of nitrogens with zero attached hydrogens (tertiary/aromatic N) is 1. The van der Waals surface area contributed by atoms with E-state index < -0.39 is 5.97 Å². The molecule has 6 nitrogen and oxygen atoms in total. The van der Waals surface area contributed by atoms with Gasteiger partial charge in [0.25, 0.3) is 0 Å². The van der Waals surface area contributed by atoms with Crippen molar-refractivity contribution in [3.05, 3.63) is 29.3 Å². The zero-order valence-electron chi connectivity index (χ0n) is 13.0. The van der Waals surface area contributed by atoms with Gasteiger partial charge in [0.2, 0.25) is 0 Å². The maximum atomic E-state index is 12.1. The van der Waals surface area contributed by atoms with Gasteiger partial charge < -0.3 is 20.1 Å². The number of methoxy groups -OCH3 is 1. The third-order valence-corrected chi connectivity index (χ3v) is 3.92. The fourth-order valence-electron chi connectivity index (χ4n) is 2.66. The average Bonchev–Trinajstić information content (AvgIpc) is 2.52. The number of hydrogen-bond acceptors (Lipinski definition) is 3. The minimum absolute atomic E-state index is 0.149. The first-order chi connectivity index (χ1) is 10.5. The van der Waals surface area contributed by atoms with Crippen molar-refractivity contribution in [2.45, 2.75) is 26.3 Å². The van der Waals surface area contributed by atoms with Crippen LogP contribution in [0.2, 0.25) is 0 Å². The Kier molecular flexibility index (Phi) is 5.25. The lowest BCUT2D eigenvalue weighted by Gasteiger charge is -2.30. The van der Waals surface area contributed by atoms with E-state index in [0.29, 0.717) is 32.5 Å². The molecule has 120 valence electrons. The lowest BCUT2D eigenvalue weighted by molar-refractivity contribution is -0.143. The van der Waals surface area contributed by atoms with Gasteiger partial charge in [0.05, 0.1) is 13.0 Å². The van der Waals surface area contributed by atoms with Gasteiger partial charge in [-0.1, -0.05) is 6.07 Å². The van der Waals surface area contributed by atoms with Crippen molar-refractivity contribution < 1.29 is 19.4 Å². The molecule has 0 bridgehead atoms. The van der Waals surface area contributed by atoms with Crippen molar-refractivity contribution >= 4 is 12.0 Å². The van der Waals surface area contributed by atoms with Crippen LogP contribution >= 0.6 is 0 Å². The number of likely N-dealkylation sites (tertiary alicyclic amines) is 1. The smallest absolute Gasteiger partial charge is 0.317 e. The number of urea groups is 1. The van der Waals surface area contributed by atoms with Crippen molar-refractivity contribution in [1.82, 2.24) is 10.2 Å². The molecule has 0 aliphatic carbocycles. The summed E-state index contributed by atoms with van der Waals surface area (Å²) in [5.74, 6) is -0.330. The molecule has 2 amide bonds. The number of carboxylic acid groups (broad SMARTS) is 1.